The fourth-order valence-corrected chi connectivity index (χ4v) is 5.57. The molecule has 0 spiro atoms. The summed E-state index contributed by atoms with van der Waals surface area (Å²) in [6.45, 7) is 12.9. The third-order valence-corrected chi connectivity index (χ3v) is 6.96. The lowest BCUT2D eigenvalue weighted by molar-refractivity contribution is -0.159. The van der Waals surface area contributed by atoms with Gasteiger partial charge in [0.25, 0.3) is 0 Å². The van der Waals surface area contributed by atoms with Crippen molar-refractivity contribution < 1.29 is 9.90 Å². The quantitative estimate of drug-likeness (QED) is 0.637. The van der Waals surface area contributed by atoms with Crippen molar-refractivity contribution in [3.8, 4) is 0 Å². The molecule has 3 aliphatic rings. The van der Waals surface area contributed by atoms with Gasteiger partial charge in [-0.1, -0.05) is 58.3 Å². The number of carboxylic acids is 1. The van der Waals surface area contributed by atoms with Crippen LogP contribution < -0.4 is 0 Å². The molecule has 2 nitrogen and oxygen atoms in total. The maximum absolute atomic E-state index is 11.9. The first-order valence-corrected chi connectivity index (χ1v) is 9.95. The molecule has 136 valence electrons. The number of aliphatic carboxylic acids is 1. The largest absolute Gasteiger partial charge is 0.481 e. The predicted octanol–water partition coefficient (Wildman–Crippen LogP) is 6.38. The minimum absolute atomic E-state index is 0.109. The standard InChI is InChI=1S/C20H30O2.C2H6/c1-13(2)14-6-8-16-15(12-14)7-9-17-19(16,3)10-5-11-20(17,4)18(21)22;1-2/h12-13,17H,5-11H2,1-4H3,(H,21,22);1-2H3/t17?,19-,20-;/m1./s1. The molecule has 24 heavy (non-hydrogen) atoms. The summed E-state index contributed by atoms with van der Waals surface area (Å²) in [7, 11) is 0. The molecule has 0 bridgehead atoms. The van der Waals surface area contributed by atoms with E-state index in [1.807, 2.05) is 20.8 Å². The summed E-state index contributed by atoms with van der Waals surface area (Å²) in [5.74, 6) is 0.357. The topological polar surface area (TPSA) is 37.3 Å². The zero-order valence-electron chi connectivity index (χ0n) is 16.5. The van der Waals surface area contributed by atoms with Crippen LogP contribution in [0.3, 0.4) is 0 Å². The van der Waals surface area contributed by atoms with E-state index in [4.69, 9.17) is 0 Å². The van der Waals surface area contributed by atoms with Gasteiger partial charge in [0.1, 0.15) is 0 Å². The Hall–Kier alpha value is -1.05. The van der Waals surface area contributed by atoms with Gasteiger partial charge in [-0.2, -0.15) is 0 Å². The molecule has 0 radical (unpaired) electrons. The summed E-state index contributed by atoms with van der Waals surface area (Å²) in [4.78, 5) is 11.9. The van der Waals surface area contributed by atoms with Crippen LogP contribution in [-0.4, -0.2) is 11.1 Å². The summed E-state index contributed by atoms with van der Waals surface area (Å²) in [5, 5.41) is 9.83. The van der Waals surface area contributed by atoms with E-state index >= 15 is 0 Å². The summed E-state index contributed by atoms with van der Waals surface area (Å²) in [6, 6.07) is 0. The van der Waals surface area contributed by atoms with Crippen molar-refractivity contribution in [3.63, 3.8) is 0 Å². The highest BCUT2D eigenvalue weighted by Crippen LogP contribution is 2.61. The molecule has 0 aromatic rings. The summed E-state index contributed by atoms with van der Waals surface area (Å²) in [6.07, 6.45) is 9.97. The van der Waals surface area contributed by atoms with E-state index < -0.39 is 11.4 Å². The van der Waals surface area contributed by atoms with E-state index in [0.29, 0.717) is 11.8 Å². The molecule has 0 amide bonds. The van der Waals surface area contributed by atoms with Gasteiger partial charge in [-0.05, 0) is 68.3 Å². The number of carboxylic acid groups (broad SMARTS) is 1. The first-order chi connectivity index (χ1) is 11.3. The van der Waals surface area contributed by atoms with Gasteiger partial charge in [0.05, 0.1) is 5.41 Å². The maximum Gasteiger partial charge on any atom is 0.309 e. The van der Waals surface area contributed by atoms with Crippen LogP contribution >= 0.6 is 0 Å². The number of allylic oxidation sites excluding steroid dienone is 4. The molecule has 1 fully saturated rings. The lowest BCUT2D eigenvalue weighted by atomic mass is 9.48. The molecule has 0 aliphatic heterocycles. The number of carbonyl (C=O) groups is 1. The SMILES string of the molecule is CC.CC(C)C1=CC2=C(CC1)[C@@]1(C)CCC[C@@](C)(C(=O)O)C1CC2. The van der Waals surface area contributed by atoms with Gasteiger partial charge in [-0.15, -0.1) is 0 Å². The van der Waals surface area contributed by atoms with E-state index in [0.717, 1.165) is 32.1 Å². The zero-order valence-corrected chi connectivity index (χ0v) is 16.5. The Balaban J connectivity index is 0.00000100. The molecule has 3 aliphatic carbocycles. The normalized spacial score (nSPS) is 35.5. The van der Waals surface area contributed by atoms with Crippen LogP contribution in [0.4, 0.5) is 0 Å². The second-order valence-corrected chi connectivity index (χ2v) is 8.46. The molecule has 0 aromatic heterocycles. The number of rotatable bonds is 2. The first kappa shape index (κ1) is 19.3. The Kier molecular flexibility index (Phi) is 5.67. The van der Waals surface area contributed by atoms with Crippen LogP contribution in [-0.2, 0) is 4.79 Å². The van der Waals surface area contributed by atoms with Gasteiger partial charge in [-0.3, -0.25) is 4.79 Å². The molecular formula is C22H36O2. The second-order valence-electron chi connectivity index (χ2n) is 8.46. The van der Waals surface area contributed by atoms with Gasteiger partial charge >= 0.3 is 5.97 Å². The second kappa shape index (κ2) is 7.06. The third kappa shape index (κ3) is 2.97. The van der Waals surface area contributed by atoms with Gasteiger partial charge in [0.15, 0.2) is 0 Å². The van der Waals surface area contributed by atoms with Crippen molar-refractivity contribution >= 4 is 5.97 Å². The van der Waals surface area contributed by atoms with Crippen molar-refractivity contribution in [2.75, 3.05) is 0 Å². The van der Waals surface area contributed by atoms with Crippen LogP contribution in [0.15, 0.2) is 22.8 Å². The number of fused-ring (bicyclic) bond motifs is 2. The fraction of sp³-hybridized carbons (Fsp3) is 0.773. The highest BCUT2D eigenvalue weighted by molar-refractivity contribution is 5.75. The third-order valence-electron chi connectivity index (χ3n) is 6.96. The van der Waals surface area contributed by atoms with E-state index in [2.05, 4.69) is 26.8 Å². The molecule has 3 atom stereocenters. The van der Waals surface area contributed by atoms with Crippen molar-refractivity contribution in [3.05, 3.63) is 22.8 Å². The Morgan fingerprint density at radius 3 is 2.42 bits per heavy atom. The smallest absolute Gasteiger partial charge is 0.309 e. The lowest BCUT2D eigenvalue weighted by Gasteiger charge is -2.55. The number of hydrogen-bond donors (Lipinski definition) is 1. The van der Waals surface area contributed by atoms with Crippen molar-refractivity contribution in [2.24, 2.45) is 22.7 Å². The van der Waals surface area contributed by atoms with Gasteiger partial charge < -0.3 is 5.11 Å². The lowest BCUT2D eigenvalue weighted by Crippen LogP contribution is -2.50. The van der Waals surface area contributed by atoms with Gasteiger partial charge in [-0.25, -0.2) is 0 Å². The Morgan fingerprint density at radius 1 is 1.17 bits per heavy atom. The van der Waals surface area contributed by atoms with Crippen LogP contribution in [0, 0.1) is 22.7 Å². The van der Waals surface area contributed by atoms with Crippen molar-refractivity contribution in [2.45, 2.75) is 86.5 Å². The molecule has 1 saturated carbocycles. The zero-order chi connectivity index (χ0) is 18.1. The molecule has 0 aromatic carbocycles. The van der Waals surface area contributed by atoms with Crippen LogP contribution in [0.1, 0.15) is 86.5 Å². The molecule has 0 heterocycles. The summed E-state index contributed by atoms with van der Waals surface area (Å²) in [5.41, 5.74) is 4.30. The maximum atomic E-state index is 11.9. The van der Waals surface area contributed by atoms with Crippen LogP contribution in [0.2, 0.25) is 0 Å². The highest BCUT2D eigenvalue weighted by atomic mass is 16.4. The Morgan fingerprint density at radius 2 is 1.83 bits per heavy atom. The van der Waals surface area contributed by atoms with Gasteiger partial charge in [0.2, 0.25) is 0 Å². The average Bonchev–Trinajstić information content (AvgIpc) is 2.56. The van der Waals surface area contributed by atoms with Crippen LogP contribution in [0.5, 0.6) is 0 Å². The van der Waals surface area contributed by atoms with Crippen molar-refractivity contribution in [1.29, 1.82) is 0 Å². The monoisotopic (exact) mass is 332 g/mol. The summed E-state index contributed by atoms with van der Waals surface area (Å²) >= 11 is 0. The highest BCUT2D eigenvalue weighted by Gasteiger charge is 2.55. The number of hydrogen-bond acceptors (Lipinski definition) is 1. The Labute approximate surface area is 148 Å². The molecule has 1 N–H and O–H groups in total. The Bertz CT molecular complexity index is 554. The summed E-state index contributed by atoms with van der Waals surface area (Å²) < 4.78 is 0. The van der Waals surface area contributed by atoms with Gasteiger partial charge in [0, 0.05) is 0 Å². The van der Waals surface area contributed by atoms with Crippen LogP contribution in [0.25, 0.3) is 0 Å². The average molecular weight is 333 g/mol. The molecule has 1 unspecified atom stereocenters. The molecule has 3 rings (SSSR count). The first-order valence-electron chi connectivity index (χ1n) is 9.95. The van der Waals surface area contributed by atoms with E-state index in [1.54, 1.807) is 16.7 Å². The van der Waals surface area contributed by atoms with E-state index in [-0.39, 0.29) is 5.41 Å². The molecule has 0 saturated heterocycles. The van der Waals surface area contributed by atoms with E-state index in [9.17, 15) is 9.90 Å². The predicted molar refractivity (Wildman–Crippen MR) is 101 cm³/mol. The fourth-order valence-electron chi connectivity index (χ4n) is 5.57. The minimum atomic E-state index is -0.582. The minimum Gasteiger partial charge on any atom is -0.481 e. The van der Waals surface area contributed by atoms with Crippen molar-refractivity contribution in [1.82, 2.24) is 0 Å². The molecule has 2 heteroatoms. The molecular weight excluding hydrogens is 296 g/mol. The van der Waals surface area contributed by atoms with E-state index in [1.165, 1.54) is 12.8 Å².